The SMILES string of the molecule is OCC1CCC(NC2CCN(c3ccc(Cl)cc3)CC2)CC1. The molecule has 0 aromatic heterocycles. The molecule has 0 bridgehead atoms. The highest BCUT2D eigenvalue weighted by Crippen LogP contribution is 2.26. The van der Waals surface area contributed by atoms with Crippen LogP contribution in [0.4, 0.5) is 5.69 Å². The average molecular weight is 323 g/mol. The molecule has 2 fully saturated rings. The summed E-state index contributed by atoms with van der Waals surface area (Å²) in [6.07, 6.45) is 7.23. The number of halogens is 1. The number of benzene rings is 1. The number of aliphatic hydroxyl groups is 1. The van der Waals surface area contributed by atoms with Crippen molar-refractivity contribution in [2.75, 3.05) is 24.6 Å². The maximum Gasteiger partial charge on any atom is 0.0459 e. The molecule has 4 heteroatoms. The van der Waals surface area contributed by atoms with Gasteiger partial charge in [0.2, 0.25) is 0 Å². The molecule has 1 aromatic carbocycles. The van der Waals surface area contributed by atoms with Crippen molar-refractivity contribution in [3.8, 4) is 0 Å². The highest BCUT2D eigenvalue weighted by molar-refractivity contribution is 6.30. The Labute approximate surface area is 138 Å². The number of hydrogen-bond donors (Lipinski definition) is 2. The van der Waals surface area contributed by atoms with Crippen molar-refractivity contribution in [3.05, 3.63) is 29.3 Å². The Morgan fingerprint density at radius 2 is 1.55 bits per heavy atom. The molecule has 1 aliphatic heterocycles. The van der Waals surface area contributed by atoms with Crippen molar-refractivity contribution in [1.82, 2.24) is 5.32 Å². The third-order valence-corrected chi connectivity index (χ3v) is 5.52. The van der Waals surface area contributed by atoms with E-state index in [-0.39, 0.29) is 0 Å². The molecule has 0 unspecified atom stereocenters. The summed E-state index contributed by atoms with van der Waals surface area (Å²) in [5.74, 6) is 0.546. The second kappa shape index (κ2) is 7.67. The molecule has 0 atom stereocenters. The van der Waals surface area contributed by atoms with Gasteiger partial charge in [-0.1, -0.05) is 11.6 Å². The van der Waals surface area contributed by atoms with E-state index in [1.54, 1.807) is 0 Å². The van der Waals surface area contributed by atoms with Gasteiger partial charge in [0.1, 0.15) is 0 Å². The molecule has 22 heavy (non-hydrogen) atoms. The molecule has 1 saturated carbocycles. The smallest absolute Gasteiger partial charge is 0.0459 e. The molecular weight excluding hydrogens is 296 g/mol. The number of aliphatic hydroxyl groups excluding tert-OH is 1. The van der Waals surface area contributed by atoms with Crippen LogP contribution in [0.15, 0.2) is 24.3 Å². The maximum absolute atomic E-state index is 9.22. The predicted molar refractivity (Wildman–Crippen MR) is 92.7 cm³/mol. The summed E-state index contributed by atoms with van der Waals surface area (Å²) in [4.78, 5) is 2.46. The van der Waals surface area contributed by atoms with E-state index in [1.165, 1.54) is 44.2 Å². The zero-order chi connectivity index (χ0) is 15.4. The van der Waals surface area contributed by atoms with Gasteiger partial charge in [-0.15, -0.1) is 0 Å². The lowest BCUT2D eigenvalue weighted by atomic mass is 9.86. The van der Waals surface area contributed by atoms with Gasteiger partial charge in [0, 0.05) is 42.5 Å². The van der Waals surface area contributed by atoms with Crippen LogP contribution in [0.25, 0.3) is 0 Å². The number of hydrogen-bond acceptors (Lipinski definition) is 3. The molecule has 2 aliphatic rings. The average Bonchev–Trinajstić information content (AvgIpc) is 2.57. The van der Waals surface area contributed by atoms with Crippen molar-refractivity contribution in [3.63, 3.8) is 0 Å². The first-order valence-corrected chi connectivity index (χ1v) is 9.00. The number of rotatable bonds is 4. The van der Waals surface area contributed by atoms with Gasteiger partial charge in [0.15, 0.2) is 0 Å². The van der Waals surface area contributed by atoms with Gasteiger partial charge >= 0.3 is 0 Å². The van der Waals surface area contributed by atoms with Gasteiger partial charge < -0.3 is 15.3 Å². The highest BCUT2D eigenvalue weighted by atomic mass is 35.5. The molecule has 1 aromatic rings. The van der Waals surface area contributed by atoms with Crippen LogP contribution in [0.3, 0.4) is 0 Å². The fraction of sp³-hybridized carbons (Fsp3) is 0.667. The first kappa shape index (κ1) is 16.1. The van der Waals surface area contributed by atoms with E-state index in [2.05, 4.69) is 22.3 Å². The molecule has 0 spiro atoms. The van der Waals surface area contributed by atoms with Crippen molar-refractivity contribution in [2.24, 2.45) is 5.92 Å². The van der Waals surface area contributed by atoms with Gasteiger partial charge in [0.25, 0.3) is 0 Å². The van der Waals surface area contributed by atoms with E-state index in [0.29, 0.717) is 24.6 Å². The lowest BCUT2D eigenvalue weighted by Gasteiger charge is -2.37. The minimum absolute atomic E-state index is 0.367. The van der Waals surface area contributed by atoms with Gasteiger partial charge in [0.05, 0.1) is 0 Å². The predicted octanol–water partition coefficient (Wildman–Crippen LogP) is 3.45. The molecule has 0 radical (unpaired) electrons. The van der Waals surface area contributed by atoms with Gasteiger partial charge in [-0.05, 0) is 68.7 Å². The molecule has 1 heterocycles. The second-order valence-corrected chi connectivity index (χ2v) is 7.24. The Morgan fingerprint density at radius 3 is 2.14 bits per heavy atom. The first-order valence-electron chi connectivity index (χ1n) is 8.62. The highest BCUT2D eigenvalue weighted by Gasteiger charge is 2.25. The summed E-state index contributed by atoms with van der Waals surface area (Å²) < 4.78 is 0. The van der Waals surface area contributed by atoms with Crippen LogP contribution in [0.1, 0.15) is 38.5 Å². The van der Waals surface area contributed by atoms with Crippen molar-refractivity contribution < 1.29 is 5.11 Å². The molecule has 122 valence electrons. The van der Waals surface area contributed by atoms with E-state index in [1.807, 2.05) is 12.1 Å². The van der Waals surface area contributed by atoms with E-state index >= 15 is 0 Å². The van der Waals surface area contributed by atoms with E-state index in [9.17, 15) is 5.11 Å². The van der Waals surface area contributed by atoms with E-state index in [4.69, 9.17) is 11.6 Å². The molecule has 2 N–H and O–H groups in total. The summed E-state index contributed by atoms with van der Waals surface area (Å²) >= 11 is 5.96. The Hall–Kier alpha value is -0.770. The molecule has 1 saturated heterocycles. The van der Waals surface area contributed by atoms with Crippen LogP contribution >= 0.6 is 11.6 Å². The van der Waals surface area contributed by atoms with Crippen LogP contribution in [0.2, 0.25) is 5.02 Å². The molecule has 1 aliphatic carbocycles. The van der Waals surface area contributed by atoms with Gasteiger partial charge in [-0.3, -0.25) is 0 Å². The van der Waals surface area contributed by atoms with Crippen LogP contribution < -0.4 is 10.2 Å². The fourth-order valence-corrected chi connectivity index (χ4v) is 3.93. The molecular formula is C18H27ClN2O. The third-order valence-electron chi connectivity index (χ3n) is 5.26. The number of piperidine rings is 1. The number of nitrogens with one attached hydrogen (secondary N) is 1. The van der Waals surface area contributed by atoms with Crippen LogP contribution in [-0.2, 0) is 0 Å². The van der Waals surface area contributed by atoms with E-state index in [0.717, 1.165) is 18.1 Å². The van der Waals surface area contributed by atoms with Crippen LogP contribution in [0.5, 0.6) is 0 Å². The van der Waals surface area contributed by atoms with Gasteiger partial charge in [-0.2, -0.15) is 0 Å². The zero-order valence-corrected chi connectivity index (χ0v) is 13.9. The maximum atomic E-state index is 9.22. The normalized spacial score (nSPS) is 27.1. The van der Waals surface area contributed by atoms with E-state index < -0.39 is 0 Å². The third kappa shape index (κ3) is 4.15. The first-order chi connectivity index (χ1) is 10.7. The zero-order valence-electron chi connectivity index (χ0n) is 13.2. The fourth-order valence-electron chi connectivity index (χ4n) is 3.80. The minimum atomic E-state index is 0.367. The Morgan fingerprint density at radius 1 is 0.955 bits per heavy atom. The van der Waals surface area contributed by atoms with Crippen LogP contribution in [0, 0.1) is 5.92 Å². The summed E-state index contributed by atoms with van der Waals surface area (Å²) in [7, 11) is 0. The Kier molecular flexibility index (Phi) is 5.61. The van der Waals surface area contributed by atoms with Gasteiger partial charge in [-0.25, -0.2) is 0 Å². The Bertz CT molecular complexity index is 449. The standard InChI is InChI=1S/C18H27ClN2O/c19-15-3-7-18(8-4-15)21-11-9-17(10-12-21)20-16-5-1-14(13-22)2-6-16/h3-4,7-8,14,16-17,20,22H,1-2,5-6,9-13H2. The largest absolute Gasteiger partial charge is 0.396 e. The summed E-state index contributed by atoms with van der Waals surface area (Å²) in [6, 6.07) is 9.49. The summed E-state index contributed by atoms with van der Waals surface area (Å²) in [5.41, 5.74) is 1.28. The van der Waals surface area contributed by atoms with Crippen LogP contribution in [-0.4, -0.2) is 36.9 Å². The quantitative estimate of drug-likeness (QED) is 0.891. The molecule has 3 nitrogen and oxygen atoms in total. The summed E-state index contributed by atoms with van der Waals surface area (Å²) in [6.45, 7) is 2.60. The number of nitrogens with zero attached hydrogens (tertiary/aromatic N) is 1. The number of anilines is 1. The molecule has 0 amide bonds. The lowest BCUT2D eigenvalue weighted by molar-refractivity contribution is 0.169. The Balaban J connectivity index is 1.43. The van der Waals surface area contributed by atoms with Crippen molar-refractivity contribution in [1.29, 1.82) is 0 Å². The lowest BCUT2D eigenvalue weighted by Crippen LogP contribution is -2.47. The minimum Gasteiger partial charge on any atom is -0.396 e. The molecule has 3 rings (SSSR count). The summed E-state index contributed by atoms with van der Waals surface area (Å²) in [5, 5.41) is 13.9. The van der Waals surface area contributed by atoms with Crippen molar-refractivity contribution >= 4 is 17.3 Å². The van der Waals surface area contributed by atoms with Crippen molar-refractivity contribution in [2.45, 2.75) is 50.6 Å². The monoisotopic (exact) mass is 322 g/mol. The topological polar surface area (TPSA) is 35.5 Å². The second-order valence-electron chi connectivity index (χ2n) is 6.80.